The van der Waals surface area contributed by atoms with Crippen LogP contribution in [0.25, 0.3) is 4.96 Å². The van der Waals surface area contributed by atoms with Crippen molar-refractivity contribution in [2.24, 2.45) is 0 Å². The lowest BCUT2D eigenvalue weighted by molar-refractivity contribution is 0.698. The van der Waals surface area contributed by atoms with E-state index in [1.54, 1.807) is 0 Å². The van der Waals surface area contributed by atoms with Crippen molar-refractivity contribution < 1.29 is 0 Å². The summed E-state index contributed by atoms with van der Waals surface area (Å²) in [7, 11) is 0. The molecule has 3 rings (SSSR count). The Labute approximate surface area is 114 Å². The summed E-state index contributed by atoms with van der Waals surface area (Å²) in [4.78, 5) is 7.38. The molecule has 0 bridgehead atoms. The van der Waals surface area contributed by atoms with Crippen LogP contribution in [0.1, 0.15) is 61.9 Å². The summed E-state index contributed by atoms with van der Waals surface area (Å²) in [6.07, 6.45) is 7.57. The third-order valence-electron chi connectivity index (χ3n) is 3.62. The lowest BCUT2D eigenvalue weighted by Gasteiger charge is -2.05. The normalized spacial score (nSPS) is 17.6. The first kappa shape index (κ1) is 11.7. The van der Waals surface area contributed by atoms with Gasteiger partial charge in [-0.15, -0.1) is 11.3 Å². The van der Waals surface area contributed by atoms with Crippen molar-refractivity contribution in [2.45, 2.75) is 51.4 Å². The fraction of sp³-hybridized carbons (Fsp3) is 0.615. The van der Waals surface area contributed by atoms with Crippen molar-refractivity contribution in [3.8, 4) is 0 Å². The molecule has 92 valence electrons. The van der Waals surface area contributed by atoms with Crippen LogP contribution in [0, 0.1) is 0 Å². The maximum absolute atomic E-state index is 4.83. The monoisotopic (exact) mass is 312 g/mol. The highest BCUT2D eigenvalue weighted by Crippen LogP contribution is 2.39. The van der Waals surface area contributed by atoms with Gasteiger partial charge in [-0.2, -0.15) is 0 Å². The van der Waals surface area contributed by atoms with Crippen LogP contribution in [0.15, 0.2) is 10.8 Å². The predicted octanol–water partition coefficient (Wildman–Crippen LogP) is 4.94. The first-order chi connectivity index (χ1) is 8.16. The number of aromatic nitrogens is 2. The quantitative estimate of drug-likeness (QED) is 0.767. The zero-order chi connectivity index (χ0) is 12.0. The van der Waals surface area contributed by atoms with Crippen LogP contribution >= 0.6 is 27.3 Å². The molecule has 0 aliphatic heterocycles. The molecular weight excluding hydrogens is 296 g/mol. The summed E-state index contributed by atoms with van der Waals surface area (Å²) in [6.45, 7) is 4.47. The second-order valence-electron chi connectivity index (χ2n) is 5.21. The summed E-state index contributed by atoms with van der Waals surface area (Å²) in [5.74, 6) is 1.27. The molecule has 1 fully saturated rings. The molecule has 0 N–H and O–H groups in total. The number of nitrogens with zero attached hydrogens (tertiary/aromatic N) is 2. The summed E-state index contributed by atoms with van der Waals surface area (Å²) in [5, 5.41) is 0. The highest BCUT2D eigenvalue weighted by molar-refractivity contribution is 9.10. The van der Waals surface area contributed by atoms with Gasteiger partial charge in [0.15, 0.2) is 4.96 Å². The van der Waals surface area contributed by atoms with E-state index in [9.17, 15) is 0 Å². The van der Waals surface area contributed by atoms with Crippen LogP contribution < -0.4 is 0 Å². The number of thiazole rings is 1. The molecule has 0 saturated heterocycles. The van der Waals surface area contributed by atoms with Gasteiger partial charge in [-0.25, -0.2) is 4.98 Å². The number of imidazole rings is 1. The van der Waals surface area contributed by atoms with Gasteiger partial charge in [0.25, 0.3) is 0 Å². The molecule has 4 heteroatoms. The van der Waals surface area contributed by atoms with Crippen molar-refractivity contribution in [1.29, 1.82) is 0 Å². The summed E-state index contributed by atoms with van der Waals surface area (Å²) in [5.41, 5.74) is 1.28. The predicted molar refractivity (Wildman–Crippen MR) is 76.1 cm³/mol. The largest absolute Gasteiger partial charge is 0.284 e. The van der Waals surface area contributed by atoms with Gasteiger partial charge in [-0.1, -0.05) is 26.7 Å². The molecule has 2 heterocycles. The van der Waals surface area contributed by atoms with Crippen LogP contribution in [0.2, 0.25) is 0 Å². The van der Waals surface area contributed by atoms with E-state index in [0.29, 0.717) is 11.8 Å². The number of fused-ring (bicyclic) bond motifs is 1. The molecule has 17 heavy (non-hydrogen) atoms. The summed E-state index contributed by atoms with van der Waals surface area (Å²) < 4.78 is 3.40. The second-order valence-corrected chi connectivity index (χ2v) is 7.00. The summed E-state index contributed by atoms with van der Waals surface area (Å²) >= 11 is 5.55. The Kier molecular flexibility index (Phi) is 3.03. The molecule has 0 atom stereocenters. The zero-order valence-electron chi connectivity index (χ0n) is 10.2. The molecule has 0 aromatic carbocycles. The Morgan fingerprint density at radius 2 is 2.12 bits per heavy atom. The zero-order valence-corrected chi connectivity index (χ0v) is 12.6. The number of hydrogen-bond donors (Lipinski definition) is 0. The smallest absolute Gasteiger partial charge is 0.195 e. The van der Waals surface area contributed by atoms with Crippen molar-refractivity contribution in [2.75, 3.05) is 0 Å². The van der Waals surface area contributed by atoms with Gasteiger partial charge in [0.1, 0.15) is 4.60 Å². The second kappa shape index (κ2) is 4.39. The van der Waals surface area contributed by atoms with E-state index in [1.807, 2.05) is 11.3 Å². The molecule has 0 unspecified atom stereocenters. The van der Waals surface area contributed by atoms with E-state index in [1.165, 1.54) is 40.9 Å². The van der Waals surface area contributed by atoms with Gasteiger partial charge in [0.05, 0.1) is 5.69 Å². The highest BCUT2D eigenvalue weighted by Gasteiger charge is 2.24. The topological polar surface area (TPSA) is 17.3 Å². The summed E-state index contributed by atoms with van der Waals surface area (Å²) in [6, 6.07) is 0. The molecule has 0 spiro atoms. The number of halogens is 1. The van der Waals surface area contributed by atoms with Crippen LogP contribution in [0.4, 0.5) is 0 Å². The van der Waals surface area contributed by atoms with Crippen LogP contribution in [0.3, 0.4) is 0 Å². The fourth-order valence-corrected chi connectivity index (χ4v) is 4.37. The van der Waals surface area contributed by atoms with Crippen molar-refractivity contribution in [3.05, 3.63) is 21.4 Å². The van der Waals surface area contributed by atoms with E-state index >= 15 is 0 Å². The lowest BCUT2D eigenvalue weighted by atomic mass is 10.1. The highest BCUT2D eigenvalue weighted by atomic mass is 79.9. The Balaban J connectivity index is 2.04. The molecule has 1 saturated carbocycles. The SMILES string of the molecule is CC(C)c1cn2c(Br)c(C3CCCC3)nc2s1. The Bertz CT molecular complexity index is 535. The van der Waals surface area contributed by atoms with E-state index < -0.39 is 0 Å². The molecule has 2 aromatic heterocycles. The molecular formula is C13H17BrN2S. The average molecular weight is 313 g/mol. The van der Waals surface area contributed by atoms with Gasteiger partial charge >= 0.3 is 0 Å². The Hall–Kier alpha value is -0.350. The number of rotatable bonds is 2. The molecule has 2 nitrogen and oxygen atoms in total. The molecule has 1 aliphatic rings. The minimum atomic E-state index is 0.587. The first-order valence-electron chi connectivity index (χ1n) is 6.34. The van der Waals surface area contributed by atoms with Crippen LogP contribution in [-0.2, 0) is 0 Å². The Morgan fingerprint density at radius 3 is 2.71 bits per heavy atom. The van der Waals surface area contributed by atoms with Gasteiger partial charge in [-0.05, 0) is 34.7 Å². The van der Waals surface area contributed by atoms with E-state index in [4.69, 9.17) is 4.98 Å². The third-order valence-corrected chi connectivity index (χ3v) is 5.69. The standard InChI is InChI=1S/C13H17BrN2S/c1-8(2)10-7-16-12(14)11(15-13(16)17-10)9-5-3-4-6-9/h7-9H,3-6H2,1-2H3. The van der Waals surface area contributed by atoms with Crippen LogP contribution in [0.5, 0.6) is 0 Å². The maximum Gasteiger partial charge on any atom is 0.195 e. The van der Waals surface area contributed by atoms with Crippen molar-refractivity contribution in [1.82, 2.24) is 9.38 Å². The molecule has 0 radical (unpaired) electrons. The first-order valence-corrected chi connectivity index (χ1v) is 7.95. The fourth-order valence-electron chi connectivity index (χ4n) is 2.58. The van der Waals surface area contributed by atoms with Crippen molar-refractivity contribution in [3.63, 3.8) is 0 Å². The van der Waals surface area contributed by atoms with Gasteiger partial charge in [-0.3, -0.25) is 4.40 Å². The molecule has 2 aromatic rings. The maximum atomic E-state index is 4.83. The number of hydrogen-bond acceptors (Lipinski definition) is 2. The van der Waals surface area contributed by atoms with E-state index in [2.05, 4.69) is 40.4 Å². The van der Waals surface area contributed by atoms with E-state index in [-0.39, 0.29) is 0 Å². The van der Waals surface area contributed by atoms with Crippen molar-refractivity contribution >= 4 is 32.2 Å². The molecule has 0 amide bonds. The van der Waals surface area contributed by atoms with Gasteiger partial charge in [0, 0.05) is 17.0 Å². The average Bonchev–Trinajstić information content (AvgIpc) is 2.95. The third kappa shape index (κ3) is 1.95. The lowest BCUT2D eigenvalue weighted by Crippen LogP contribution is -1.94. The molecule has 1 aliphatic carbocycles. The van der Waals surface area contributed by atoms with Gasteiger partial charge in [0.2, 0.25) is 0 Å². The van der Waals surface area contributed by atoms with Gasteiger partial charge < -0.3 is 0 Å². The minimum absolute atomic E-state index is 0.587. The van der Waals surface area contributed by atoms with Crippen LogP contribution in [-0.4, -0.2) is 9.38 Å². The Morgan fingerprint density at radius 1 is 1.41 bits per heavy atom. The van der Waals surface area contributed by atoms with E-state index in [0.717, 1.165) is 4.96 Å². The minimum Gasteiger partial charge on any atom is -0.284 e.